The van der Waals surface area contributed by atoms with Crippen LogP contribution in [0.2, 0.25) is 0 Å². The van der Waals surface area contributed by atoms with Crippen LogP contribution < -0.4 is 0 Å². The third-order valence-corrected chi connectivity index (χ3v) is 4.44. The lowest BCUT2D eigenvalue weighted by atomic mass is 10.2. The predicted octanol–water partition coefficient (Wildman–Crippen LogP) is 2.03. The minimum Gasteiger partial charge on any atom is -0.480 e. The zero-order chi connectivity index (χ0) is 16.6. The number of carbonyl (C=O) groups is 2. The van der Waals surface area contributed by atoms with E-state index >= 15 is 0 Å². The number of halogens is 1. The number of nitrogens with zero attached hydrogens (tertiary/aromatic N) is 4. The van der Waals surface area contributed by atoms with Gasteiger partial charge >= 0.3 is 5.97 Å². The van der Waals surface area contributed by atoms with Gasteiger partial charge in [0.05, 0.1) is 11.4 Å². The van der Waals surface area contributed by atoms with Crippen molar-refractivity contribution in [2.75, 3.05) is 6.54 Å². The van der Waals surface area contributed by atoms with E-state index in [2.05, 4.69) is 26.2 Å². The van der Waals surface area contributed by atoms with Crippen LogP contribution in [0.25, 0.3) is 5.69 Å². The standard InChI is InChI=1S/C15H15BrN4O3/c1-9-13(14(21)19-7-3-6-12(19)15(22)23)17-18-20(9)11-5-2-4-10(16)8-11/h2,4-5,8,12H,3,6-7H2,1H3,(H,22,23)/t12-/m1/s1. The van der Waals surface area contributed by atoms with Crippen molar-refractivity contribution in [1.29, 1.82) is 0 Å². The number of benzene rings is 1. The number of carbonyl (C=O) groups excluding carboxylic acids is 1. The van der Waals surface area contributed by atoms with Crippen molar-refractivity contribution in [1.82, 2.24) is 19.9 Å². The number of aliphatic carboxylic acids is 1. The van der Waals surface area contributed by atoms with Crippen LogP contribution in [-0.4, -0.2) is 49.5 Å². The number of amides is 1. The molecule has 0 bridgehead atoms. The predicted molar refractivity (Wildman–Crippen MR) is 85.5 cm³/mol. The molecule has 1 saturated heterocycles. The fourth-order valence-corrected chi connectivity index (χ4v) is 3.17. The molecule has 0 aliphatic carbocycles. The zero-order valence-electron chi connectivity index (χ0n) is 12.4. The first-order valence-electron chi connectivity index (χ1n) is 7.21. The van der Waals surface area contributed by atoms with Gasteiger partial charge < -0.3 is 10.0 Å². The maximum atomic E-state index is 12.6. The second-order valence-electron chi connectivity index (χ2n) is 5.41. The van der Waals surface area contributed by atoms with E-state index in [9.17, 15) is 14.7 Å². The van der Waals surface area contributed by atoms with Gasteiger partial charge in [0.25, 0.3) is 5.91 Å². The van der Waals surface area contributed by atoms with Crippen molar-refractivity contribution < 1.29 is 14.7 Å². The van der Waals surface area contributed by atoms with E-state index in [1.165, 1.54) is 4.90 Å². The molecule has 1 aromatic heterocycles. The molecule has 8 heteroatoms. The summed E-state index contributed by atoms with van der Waals surface area (Å²) in [4.78, 5) is 25.3. The van der Waals surface area contributed by atoms with Gasteiger partial charge in [-0.3, -0.25) is 4.79 Å². The second kappa shape index (κ2) is 6.11. The Morgan fingerprint density at radius 3 is 2.87 bits per heavy atom. The smallest absolute Gasteiger partial charge is 0.326 e. The summed E-state index contributed by atoms with van der Waals surface area (Å²) < 4.78 is 2.47. The molecule has 23 heavy (non-hydrogen) atoms. The van der Waals surface area contributed by atoms with Gasteiger partial charge in [0.1, 0.15) is 6.04 Å². The average Bonchev–Trinajstić information content (AvgIpc) is 3.13. The zero-order valence-corrected chi connectivity index (χ0v) is 14.0. The third-order valence-electron chi connectivity index (χ3n) is 3.95. The summed E-state index contributed by atoms with van der Waals surface area (Å²) >= 11 is 3.40. The Morgan fingerprint density at radius 2 is 2.17 bits per heavy atom. The van der Waals surface area contributed by atoms with E-state index in [4.69, 9.17) is 0 Å². The molecule has 1 atom stereocenters. The molecule has 1 aliphatic heterocycles. The Morgan fingerprint density at radius 1 is 1.39 bits per heavy atom. The average molecular weight is 379 g/mol. The van der Waals surface area contributed by atoms with Crippen LogP contribution in [0.4, 0.5) is 0 Å². The quantitative estimate of drug-likeness (QED) is 0.882. The minimum absolute atomic E-state index is 0.193. The van der Waals surface area contributed by atoms with Gasteiger partial charge in [-0.1, -0.05) is 27.2 Å². The van der Waals surface area contributed by atoms with Crippen LogP contribution >= 0.6 is 15.9 Å². The molecule has 2 heterocycles. The Bertz CT molecular complexity index is 774. The molecular formula is C15H15BrN4O3. The van der Waals surface area contributed by atoms with Crippen LogP contribution in [0, 0.1) is 6.92 Å². The summed E-state index contributed by atoms with van der Waals surface area (Å²) in [5.74, 6) is -1.36. The summed E-state index contributed by atoms with van der Waals surface area (Å²) in [6.45, 7) is 2.18. The van der Waals surface area contributed by atoms with E-state index in [0.29, 0.717) is 25.1 Å². The van der Waals surface area contributed by atoms with Gasteiger partial charge in [-0.05, 0) is 38.0 Å². The molecule has 1 aromatic carbocycles. The van der Waals surface area contributed by atoms with E-state index in [0.717, 1.165) is 10.2 Å². The Labute approximate surface area is 141 Å². The molecule has 0 radical (unpaired) electrons. The highest BCUT2D eigenvalue weighted by Gasteiger charge is 2.36. The summed E-state index contributed by atoms with van der Waals surface area (Å²) in [5, 5.41) is 17.2. The number of hydrogen-bond donors (Lipinski definition) is 1. The van der Waals surface area contributed by atoms with E-state index < -0.39 is 12.0 Å². The fraction of sp³-hybridized carbons (Fsp3) is 0.333. The molecule has 1 N–H and O–H groups in total. The second-order valence-corrected chi connectivity index (χ2v) is 6.33. The normalized spacial score (nSPS) is 17.5. The highest BCUT2D eigenvalue weighted by molar-refractivity contribution is 9.10. The highest BCUT2D eigenvalue weighted by atomic mass is 79.9. The Kier molecular flexibility index (Phi) is 4.16. The number of aromatic nitrogens is 3. The molecule has 0 spiro atoms. The maximum absolute atomic E-state index is 12.6. The number of carboxylic acids is 1. The first-order valence-corrected chi connectivity index (χ1v) is 8.00. The van der Waals surface area contributed by atoms with Crippen molar-refractivity contribution in [3.63, 3.8) is 0 Å². The molecular weight excluding hydrogens is 364 g/mol. The highest BCUT2D eigenvalue weighted by Crippen LogP contribution is 2.22. The summed E-state index contributed by atoms with van der Waals surface area (Å²) in [5.41, 5.74) is 1.56. The van der Waals surface area contributed by atoms with E-state index in [1.54, 1.807) is 11.6 Å². The number of rotatable bonds is 3. The number of hydrogen-bond acceptors (Lipinski definition) is 4. The van der Waals surface area contributed by atoms with E-state index in [1.807, 2.05) is 24.3 Å². The summed E-state index contributed by atoms with van der Waals surface area (Å²) in [6.07, 6.45) is 1.15. The first kappa shape index (κ1) is 15.7. The summed E-state index contributed by atoms with van der Waals surface area (Å²) in [7, 11) is 0. The largest absolute Gasteiger partial charge is 0.480 e. The van der Waals surface area contributed by atoms with Crippen LogP contribution in [0.1, 0.15) is 29.0 Å². The molecule has 3 rings (SSSR count). The Balaban J connectivity index is 1.93. The lowest BCUT2D eigenvalue weighted by Crippen LogP contribution is -2.40. The molecule has 2 aromatic rings. The molecule has 0 saturated carbocycles. The fourth-order valence-electron chi connectivity index (χ4n) is 2.78. The van der Waals surface area contributed by atoms with Gasteiger partial charge in [-0.25, -0.2) is 9.48 Å². The molecule has 1 aliphatic rings. The monoisotopic (exact) mass is 378 g/mol. The maximum Gasteiger partial charge on any atom is 0.326 e. The van der Waals surface area contributed by atoms with Crippen molar-refractivity contribution in [3.8, 4) is 5.69 Å². The van der Waals surface area contributed by atoms with Crippen molar-refractivity contribution >= 4 is 27.8 Å². The van der Waals surface area contributed by atoms with Gasteiger partial charge in [-0.15, -0.1) is 5.10 Å². The van der Waals surface area contributed by atoms with Gasteiger partial charge in [0, 0.05) is 11.0 Å². The topological polar surface area (TPSA) is 88.3 Å². The van der Waals surface area contributed by atoms with Crippen LogP contribution in [0.5, 0.6) is 0 Å². The van der Waals surface area contributed by atoms with Crippen LogP contribution in [-0.2, 0) is 4.79 Å². The van der Waals surface area contributed by atoms with Crippen molar-refractivity contribution in [3.05, 3.63) is 40.1 Å². The molecule has 7 nitrogen and oxygen atoms in total. The molecule has 120 valence electrons. The van der Waals surface area contributed by atoms with Gasteiger partial charge in [0.15, 0.2) is 5.69 Å². The lowest BCUT2D eigenvalue weighted by Gasteiger charge is -2.20. The number of carboxylic acid groups (broad SMARTS) is 1. The minimum atomic E-state index is -0.979. The molecule has 0 unspecified atom stereocenters. The van der Waals surface area contributed by atoms with Crippen LogP contribution in [0.15, 0.2) is 28.7 Å². The molecule has 1 fully saturated rings. The summed E-state index contributed by atoms with van der Waals surface area (Å²) in [6, 6.07) is 6.70. The molecule has 1 amide bonds. The van der Waals surface area contributed by atoms with Gasteiger partial charge in [-0.2, -0.15) is 0 Å². The van der Waals surface area contributed by atoms with Crippen molar-refractivity contribution in [2.24, 2.45) is 0 Å². The van der Waals surface area contributed by atoms with Crippen LogP contribution in [0.3, 0.4) is 0 Å². The van der Waals surface area contributed by atoms with Crippen molar-refractivity contribution in [2.45, 2.75) is 25.8 Å². The third kappa shape index (κ3) is 2.86. The first-order chi connectivity index (χ1) is 11.0. The Hall–Kier alpha value is -2.22. The lowest BCUT2D eigenvalue weighted by molar-refractivity contribution is -0.141. The SMILES string of the molecule is Cc1c(C(=O)N2CCC[C@@H]2C(=O)O)nnn1-c1cccc(Br)c1. The number of likely N-dealkylation sites (tertiary alicyclic amines) is 1. The van der Waals surface area contributed by atoms with Gasteiger partial charge in [0.2, 0.25) is 0 Å². The van der Waals surface area contributed by atoms with E-state index in [-0.39, 0.29) is 11.6 Å².